The summed E-state index contributed by atoms with van der Waals surface area (Å²) in [4.78, 5) is 21.7. The van der Waals surface area contributed by atoms with Crippen molar-refractivity contribution in [1.82, 2.24) is 0 Å². The monoisotopic (exact) mass is 176 g/mol. The quantitative estimate of drug-likeness (QED) is 0.383. The Bertz CT molecular complexity index is 132. The fourth-order valence-electron chi connectivity index (χ4n) is 1.72. The van der Waals surface area contributed by atoms with Crippen LogP contribution in [-0.4, -0.2) is 14.7 Å². The molecule has 0 aromatic carbocycles. The lowest BCUT2D eigenvalue weighted by Gasteiger charge is -1.96. The van der Waals surface area contributed by atoms with Crippen LogP contribution >= 0.6 is 8.60 Å². The van der Waals surface area contributed by atoms with E-state index in [0.717, 1.165) is 11.8 Å². The third-order valence-corrected chi connectivity index (χ3v) is 2.17. The third-order valence-electron chi connectivity index (χ3n) is 2.17. The second kappa shape index (κ2) is 4.17. The molecule has 0 amide bonds. The highest BCUT2D eigenvalue weighted by molar-refractivity contribution is 7.38. The Balaban J connectivity index is 0.000000134. The van der Waals surface area contributed by atoms with Gasteiger partial charge in [0.25, 0.3) is 0 Å². The molecule has 3 nitrogen and oxygen atoms in total. The summed E-state index contributed by atoms with van der Waals surface area (Å²) >= 11 is 0. The summed E-state index contributed by atoms with van der Waals surface area (Å²) in [6.07, 6.45) is 9.19. The van der Waals surface area contributed by atoms with Crippen LogP contribution in [0.1, 0.15) is 19.3 Å². The van der Waals surface area contributed by atoms with Crippen LogP contribution in [0.3, 0.4) is 0 Å². The standard InChI is InChI=1S/C7H10.H3O3P/c1-2-7-4-3-6(1)5-7;1-4(2)3/h1-2,6-7H,3-5H2;1-3H. The maximum Gasteiger partial charge on any atom is 0.324 e. The molecule has 0 aromatic rings. The summed E-state index contributed by atoms with van der Waals surface area (Å²) in [6, 6.07) is 0. The normalized spacial score (nSPS) is 32.4. The van der Waals surface area contributed by atoms with Crippen molar-refractivity contribution in [1.29, 1.82) is 0 Å². The van der Waals surface area contributed by atoms with Crippen molar-refractivity contribution in [2.75, 3.05) is 0 Å². The van der Waals surface area contributed by atoms with Gasteiger partial charge in [0, 0.05) is 0 Å². The summed E-state index contributed by atoms with van der Waals surface area (Å²) in [5.41, 5.74) is 0. The van der Waals surface area contributed by atoms with Crippen molar-refractivity contribution in [2.45, 2.75) is 19.3 Å². The molecule has 3 N–H and O–H groups in total. The van der Waals surface area contributed by atoms with E-state index in [2.05, 4.69) is 12.2 Å². The molecule has 0 saturated heterocycles. The fraction of sp³-hybridized carbons (Fsp3) is 0.714. The average molecular weight is 176 g/mol. The summed E-state index contributed by atoms with van der Waals surface area (Å²) in [7, 11) is -2.62. The van der Waals surface area contributed by atoms with Gasteiger partial charge in [0.15, 0.2) is 0 Å². The van der Waals surface area contributed by atoms with Gasteiger partial charge in [-0.25, -0.2) is 0 Å². The average Bonchev–Trinajstić information content (AvgIpc) is 2.45. The van der Waals surface area contributed by atoms with Crippen molar-refractivity contribution in [3.05, 3.63) is 12.2 Å². The van der Waals surface area contributed by atoms with Gasteiger partial charge in [0.1, 0.15) is 0 Å². The molecule has 1 saturated carbocycles. The zero-order chi connectivity index (χ0) is 8.27. The molecular weight excluding hydrogens is 163 g/mol. The molecule has 2 atom stereocenters. The second-order valence-corrected chi connectivity index (χ2v) is 3.52. The fourth-order valence-corrected chi connectivity index (χ4v) is 1.72. The number of fused-ring (bicyclic) bond motifs is 2. The first-order chi connectivity index (χ1) is 5.18. The largest absolute Gasteiger partial charge is 0.328 e. The first-order valence-electron chi connectivity index (χ1n) is 3.73. The Morgan fingerprint density at radius 3 is 1.45 bits per heavy atom. The van der Waals surface area contributed by atoms with Crippen LogP contribution in [0.4, 0.5) is 0 Å². The highest BCUT2D eigenvalue weighted by atomic mass is 31.2. The van der Waals surface area contributed by atoms with Crippen LogP contribution in [0.2, 0.25) is 0 Å². The Morgan fingerprint density at radius 1 is 1.00 bits per heavy atom. The predicted molar refractivity (Wildman–Crippen MR) is 43.5 cm³/mol. The van der Waals surface area contributed by atoms with Crippen molar-refractivity contribution in [3.8, 4) is 0 Å². The second-order valence-electron chi connectivity index (χ2n) is 2.99. The van der Waals surface area contributed by atoms with E-state index < -0.39 is 8.60 Å². The maximum absolute atomic E-state index is 7.23. The molecule has 0 aromatic heterocycles. The molecule has 64 valence electrons. The number of hydrogen-bond donors (Lipinski definition) is 3. The van der Waals surface area contributed by atoms with Crippen molar-refractivity contribution in [2.24, 2.45) is 11.8 Å². The van der Waals surface area contributed by atoms with E-state index in [-0.39, 0.29) is 0 Å². The van der Waals surface area contributed by atoms with E-state index in [1.54, 1.807) is 0 Å². The van der Waals surface area contributed by atoms with E-state index in [0.29, 0.717) is 0 Å². The van der Waals surface area contributed by atoms with E-state index in [9.17, 15) is 0 Å². The van der Waals surface area contributed by atoms with Gasteiger partial charge in [-0.3, -0.25) is 0 Å². The molecule has 11 heavy (non-hydrogen) atoms. The van der Waals surface area contributed by atoms with Gasteiger partial charge in [-0.15, -0.1) is 0 Å². The summed E-state index contributed by atoms with van der Waals surface area (Å²) in [5.74, 6) is 1.98. The number of hydrogen-bond acceptors (Lipinski definition) is 3. The zero-order valence-corrected chi connectivity index (χ0v) is 7.11. The molecule has 2 unspecified atom stereocenters. The van der Waals surface area contributed by atoms with Crippen molar-refractivity contribution >= 4 is 8.60 Å². The minimum atomic E-state index is -2.62. The van der Waals surface area contributed by atoms with Gasteiger partial charge in [-0.1, -0.05) is 12.2 Å². The van der Waals surface area contributed by atoms with Gasteiger partial charge in [-0.05, 0) is 31.1 Å². The first kappa shape index (κ1) is 9.14. The van der Waals surface area contributed by atoms with E-state index in [1.807, 2.05) is 0 Å². The minimum absolute atomic E-state index is 0.991. The number of rotatable bonds is 0. The van der Waals surface area contributed by atoms with Crippen LogP contribution in [0.15, 0.2) is 12.2 Å². The molecule has 2 aliphatic rings. The van der Waals surface area contributed by atoms with Crippen LogP contribution in [0.25, 0.3) is 0 Å². The van der Waals surface area contributed by atoms with Crippen molar-refractivity contribution in [3.63, 3.8) is 0 Å². The van der Waals surface area contributed by atoms with Gasteiger partial charge < -0.3 is 14.7 Å². The molecule has 4 heteroatoms. The topological polar surface area (TPSA) is 60.7 Å². The summed E-state index contributed by atoms with van der Waals surface area (Å²) in [6.45, 7) is 0. The smallest absolute Gasteiger partial charge is 0.324 e. The van der Waals surface area contributed by atoms with Crippen LogP contribution in [0.5, 0.6) is 0 Å². The Kier molecular flexibility index (Phi) is 3.46. The lowest BCUT2D eigenvalue weighted by atomic mass is 10.1. The molecule has 0 spiro atoms. The summed E-state index contributed by atoms with van der Waals surface area (Å²) < 4.78 is 0. The maximum atomic E-state index is 7.23. The first-order valence-corrected chi connectivity index (χ1v) is 4.93. The molecule has 0 heterocycles. The number of allylic oxidation sites excluding steroid dienone is 2. The van der Waals surface area contributed by atoms with Gasteiger partial charge in [0.2, 0.25) is 0 Å². The van der Waals surface area contributed by atoms with Gasteiger partial charge in [0.05, 0.1) is 0 Å². The van der Waals surface area contributed by atoms with Crippen LogP contribution < -0.4 is 0 Å². The van der Waals surface area contributed by atoms with Crippen LogP contribution in [-0.2, 0) is 0 Å². The molecule has 0 aliphatic heterocycles. The molecule has 1 fully saturated rings. The molecule has 2 aliphatic carbocycles. The Labute approximate surface area is 67.4 Å². The molecular formula is C7H13O3P. The van der Waals surface area contributed by atoms with Gasteiger partial charge in [-0.2, -0.15) is 0 Å². The Hall–Kier alpha value is 0.0500. The van der Waals surface area contributed by atoms with Gasteiger partial charge >= 0.3 is 8.60 Å². The zero-order valence-electron chi connectivity index (χ0n) is 6.22. The SMILES string of the molecule is C1=CC2CCC1C2.OP(O)O. The third kappa shape index (κ3) is 3.30. The molecule has 0 radical (unpaired) electrons. The minimum Gasteiger partial charge on any atom is -0.328 e. The van der Waals surface area contributed by atoms with Crippen LogP contribution in [0, 0.1) is 11.8 Å². The Morgan fingerprint density at radius 2 is 1.36 bits per heavy atom. The van der Waals surface area contributed by atoms with E-state index in [1.165, 1.54) is 19.3 Å². The highest BCUT2D eigenvalue weighted by Crippen LogP contribution is 2.38. The summed E-state index contributed by atoms with van der Waals surface area (Å²) in [5, 5.41) is 0. The molecule has 2 rings (SSSR count). The lowest BCUT2D eigenvalue weighted by molar-refractivity contribution is 0.368. The van der Waals surface area contributed by atoms with E-state index >= 15 is 0 Å². The van der Waals surface area contributed by atoms with E-state index in [4.69, 9.17) is 14.7 Å². The molecule has 2 bridgehead atoms. The predicted octanol–water partition coefficient (Wildman–Crippen LogP) is 1.16. The lowest BCUT2D eigenvalue weighted by Crippen LogP contribution is -1.82. The van der Waals surface area contributed by atoms with Crippen molar-refractivity contribution < 1.29 is 14.7 Å². The highest BCUT2D eigenvalue weighted by Gasteiger charge is 2.25.